The first-order valence-electron chi connectivity index (χ1n) is 10.2. The van der Waals surface area contributed by atoms with Crippen molar-refractivity contribution < 1.29 is 24.2 Å². The van der Waals surface area contributed by atoms with Gasteiger partial charge >= 0.3 is 0 Å². The van der Waals surface area contributed by atoms with Crippen LogP contribution < -0.4 is 9.47 Å². The van der Waals surface area contributed by atoms with E-state index in [1.165, 1.54) is 19.1 Å². The number of hydrogen-bond donors (Lipinski definition) is 1. The van der Waals surface area contributed by atoms with E-state index < -0.39 is 17.7 Å². The van der Waals surface area contributed by atoms with Crippen LogP contribution in [-0.4, -0.2) is 40.9 Å². The zero-order valence-electron chi connectivity index (χ0n) is 18.3. The van der Waals surface area contributed by atoms with Crippen molar-refractivity contribution in [2.24, 2.45) is 0 Å². The third-order valence-corrected chi connectivity index (χ3v) is 6.28. The predicted octanol–water partition coefficient (Wildman–Crippen LogP) is 5.03. The molecule has 1 aromatic heterocycles. The van der Waals surface area contributed by atoms with E-state index in [-0.39, 0.29) is 34.2 Å². The van der Waals surface area contributed by atoms with Crippen molar-refractivity contribution in [3.63, 3.8) is 0 Å². The number of aromatic nitrogens is 1. The second kappa shape index (κ2) is 9.75. The summed E-state index contributed by atoms with van der Waals surface area (Å²) in [6, 6.07) is 12.2. The Morgan fingerprint density at radius 2 is 1.85 bits per heavy atom. The molecule has 1 N–H and O–H groups in total. The van der Waals surface area contributed by atoms with Gasteiger partial charge in [0.15, 0.2) is 0 Å². The van der Waals surface area contributed by atoms with Crippen molar-refractivity contribution in [2.45, 2.75) is 12.6 Å². The van der Waals surface area contributed by atoms with Gasteiger partial charge in [-0.2, -0.15) is 0 Å². The average molecular weight is 499 g/mol. The number of carbonyl (C=O) groups excluding carboxylic acids is 2. The van der Waals surface area contributed by atoms with Gasteiger partial charge < -0.3 is 19.5 Å². The number of pyridine rings is 1. The van der Waals surface area contributed by atoms with Gasteiger partial charge in [0.05, 0.1) is 41.4 Å². The lowest BCUT2D eigenvalue weighted by molar-refractivity contribution is -0.140. The van der Waals surface area contributed by atoms with E-state index >= 15 is 0 Å². The van der Waals surface area contributed by atoms with E-state index in [0.717, 1.165) is 5.56 Å². The normalized spacial score (nSPS) is 17.2. The summed E-state index contributed by atoms with van der Waals surface area (Å²) in [5.41, 5.74) is 1.39. The van der Waals surface area contributed by atoms with Crippen LogP contribution in [0.4, 0.5) is 0 Å². The summed E-state index contributed by atoms with van der Waals surface area (Å²) in [4.78, 5) is 31.8. The topological polar surface area (TPSA) is 89.0 Å². The van der Waals surface area contributed by atoms with Gasteiger partial charge in [0.25, 0.3) is 11.7 Å². The van der Waals surface area contributed by atoms with Gasteiger partial charge in [-0.05, 0) is 41.5 Å². The lowest BCUT2D eigenvalue weighted by Gasteiger charge is -2.25. The number of aliphatic hydroxyl groups is 1. The Morgan fingerprint density at radius 3 is 2.50 bits per heavy atom. The van der Waals surface area contributed by atoms with Crippen LogP contribution in [0.25, 0.3) is 5.76 Å². The SMILES string of the molecule is COc1ccc(/C(O)=C2/C(=O)C(=O)N(Cc3cccnc3)C2c2ccc(Cl)c(Cl)c2)c(OC)c1. The number of Topliss-reactive ketones (excluding diaryl/α,β-unsaturated/α-hetero) is 1. The fraction of sp³-hybridized carbons (Fsp3) is 0.160. The van der Waals surface area contributed by atoms with Crippen molar-refractivity contribution in [1.82, 2.24) is 9.88 Å². The number of ketones is 1. The molecular weight excluding hydrogens is 479 g/mol. The summed E-state index contributed by atoms with van der Waals surface area (Å²) >= 11 is 12.4. The maximum atomic E-state index is 13.2. The molecule has 174 valence electrons. The van der Waals surface area contributed by atoms with Crippen LogP contribution in [-0.2, 0) is 16.1 Å². The smallest absolute Gasteiger partial charge is 0.295 e. The number of rotatable bonds is 6. The maximum Gasteiger partial charge on any atom is 0.295 e. The number of nitrogens with zero attached hydrogens (tertiary/aromatic N) is 2. The van der Waals surface area contributed by atoms with Crippen LogP contribution >= 0.6 is 23.2 Å². The van der Waals surface area contributed by atoms with E-state index in [2.05, 4.69) is 4.98 Å². The van der Waals surface area contributed by atoms with Crippen molar-refractivity contribution in [3.8, 4) is 11.5 Å². The zero-order valence-corrected chi connectivity index (χ0v) is 19.8. The van der Waals surface area contributed by atoms with Crippen molar-refractivity contribution >= 4 is 40.7 Å². The number of hydrogen-bond acceptors (Lipinski definition) is 6. The van der Waals surface area contributed by atoms with Crippen LogP contribution in [0.15, 0.2) is 66.5 Å². The summed E-state index contributed by atoms with van der Waals surface area (Å²) in [5.74, 6) is -1.17. The number of benzene rings is 2. The first-order chi connectivity index (χ1) is 16.3. The van der Waals surface area contributed by atoms with Gasteiger partial charge in [-0.1, -0.05) is 35.3 Å². The van der Waals surface area contributed by atoms with Crippen molar-refractivity contribution in [2.75, 3.05) is 14.2 Å². The Balaban J connectivity index is 1.91. The lowest BCUT2D eigenvalue weighted by Crippen LogP contribution is -2.29. The van der Waals surface area contributed by atoms with Gasteiger partial charge in [0.2, 0.25) is 0 Å². The molecule has 1 fully saturated rings. The molecule has 1 aliphatic rings. The van der Waals surface area contributed by atoms with Gasteiger partial charge in [-0.3, -0.25) is 14.6 Å². The van der Waals surface area contributed by atoms with Gasteiger partial charge in [-0.15, -0.1) is 0 Å². The molecule has 1 amide bonds. The fourth-order valence-electron chi connectivity index (χ4n) is 3.90. The Kier molecular flexibility index (Phi) is 6.77. The third kappa shape index (κ3) is 4.32. The van der Waals surface area contributed by atoms with Gasteiger partial charge in [0, 0.05) is 25.0 Å². The minimum absolute atomic E-state index is 0.0873. The molecule has 2 aromatic carbocycles. The van der Waals surface area contributed by atoms with Crippen LogP contribution in [0, 0.1) is 0 Å². The molecule has 1 saturated heterocycles. The molecule has 2 heterocycles. The first kappa shape index (κ1) is 23.6. The predicted molar refractivity (Wildman–Crippen MR) is 128 cm³/mol. The minimum Gasteiger partial charge on any atom is -0.507 e. The summed E-state index contributed by atoms with van der Waals surface area (Å²) in [5, 5.41) is 11.9. The van der Waals surface area contributed by atoms with Gasteiger partial charge in [0.1, 0.15) is 17.3 Å². The largest absolute Gasteiger partial charge is 0.507 e. The molecule has 0 saturated carbocycles. The van der Waals surface area contributed by atoms with Crippen LogP contribution in [0.5, 0.6) is 11.5 Å². The number of methoxy groups -OCH3 is 2. The van der Waals surface area contributed by atoms with E-state index in [1.54, 1.807) is 60.9 Å². The molecule has 9 heteroatoms. The monoisotopic (exact) mass is 498 g/mol. The molecule has 4 rings (SSSR count). The lowest BCUT2D eigenvalue weighted by atomic mass is 9.95. The first-order valence-corrected chi connectivity index (χ1v) is 11.0. The molecule has 0 radical (unpaired) electrons. The van der Waals surface area contributed by atoms with E-state index in [0.29, 0.717) is 16.3 Å². The highest BCUT2D eigenvalue weighted by molar-refractivity contribution is 6.46. The quantitative estimate of drug-likeness (QED) is 0.291. The Morgan fingerprint density at radius 1 is 1.06 bits per heavy atom. The summed E-state index contributed by atoms with van der Waals surface area (Å²) in [6.45, 7) is 0.0971. The fourth-order valence-corrected chi connectivity index (χ4v) is 4.21. The summed E-state index contributed by atoms with van der Waals surface area (Å²) in [7, 11) is 2.94. The third-order valence-electron chi connectivity index (χ3n) is 5.54. The highest BCUT2D eigenvalue weighted by Crippen LogP contribution is 2.43. The number of ether oxygens (including phenoxy) is 2. The molecule has 0 bridgehead atoms. The second-order valence-electron chi connectivity index (χ2n) is 7.53. The van der Waals surface area contributed by atoms with E-state index in [4.69, 9.17) is 32.7 Å². The van der Waals surface area contributed by atoms with Crippen LogP contribution in [0.2, 0.25) is 10.0 Å². The molecule has 1 aliphatic heterocycles. The molecule has 0 aliphatic carbocycles. The Labute approximate surface area is 206 Å². The van der Waals surface area contributed by atoms with Crippen molar-refractivity contribution in [3.05, 3.63) is 93.2 Å². The second-order valence-corrected chi connectivity index (χ2v) is 8.34. The standard InChI is InChI=1S/C25H20Cl2N2O5/c1-33-16-6-7-17(20(11-16)34-2)23(30)21-22(15-5-8-18(26)19(27)10-15)29(25(32)24(21)31)13-14-4-3-9-28-12-14/h3-12,22,30H,13H2,1-2H3/b23-21-. The molecule has 1 atom stereocenters. The molecule has 1 unspecified atom stereocenters. The molecule has 7 nitrogen and oxygen atoms in total. The molecular formula is C25H20Cl2N2O5. The zero-order chi connectivity index (χ0) is 24.4. The van der Waals surface area contributed by atoms with Crippen molar-refractivity contribution in [1.29, 1.82) is 0 Å². The maximum absolute atomic E-state index is 13.2. The minimum atomic E-state index is -0.915. The van der Waals surface area contributed by atoms with Gasteiger partial charge in [-0.25, -0.2) is 0 Å². The van der Waals surface area contributed by atoms with E-state index in [9.17, 15) is 14.7 Å². The molecule has 3 aromatic rings. The number of aliphatic hydroxyl groups excluding tert-OH is 1. The Bertz CT molecular complexity index is 1290. The van der Waals surface area contributed by atoms with E-state index in [1.807, 2.05) is 0 Å². The molecule has 34 heavy (non-hydrogen) atoms. The number of amides is 1. The molecule has 0 spiro atoms. The highest BCUT2D eigenvalue weighted by atomic mass is 35.5. The van der Waals surface area contributed by atoms with Crippen LogP contribution in [0.3, 0.4) is 0 Å². The number of halogens is 2. The Hall–Kier alpha value is -3.55. The summed E-state index contributed by atoms with van der Waals surface area (Å²) < 4.78 is 10.6. The highest BCUT2D eigenvalue weighted by Gasteiger charge is 2.46. The average Bonchev–Trinajstić information content (AvgIpc) is 3.10. The number of carbonyl (C=O) groups is 2. The van der Waals surface area contributed by atoms with Crippen LogP contribution in [0.1, 0.15) is 22.7 Å². The number of likely N-dealkylation sites (tertiary alicyclic amines) is 1. The summed E-state index contributed by atoms with van der Waals surface area (Å²) in [6.07, 6.45) is 3.22.